The lowest BCUT2D eigenvalue weighted by molar-refractivity contribution is 0.192. The minimum absolute atomic E-state index is 0.289. The summed E-state index contributed by atoms with van der Waals surface area (Å²) in [6, 6.07) is 3.98. The molecular weight excluding hydrogens is 228 g/mol. The number of rotatable bonds is 9. The predicted molar refractivity (Wildman–Crippen MR) is 72.8 cm³/mol. The lowest BCUT2D eigenvalue weighted by Crippen LogP contribution is -2.19. The van der Waals surface area contributed by atoms with Gasteiger partial charge in [0.2, 0.25) is 0 Å². The number of ether oxygens (including phenoxy) is 2. The summed E-state index contributed by atoms with van der Waals surface area (Å²) in [6.07, 6.45) is 4.14. The van der Waals surface area contributed by atoms with E-state index >= 15 is 0 Å². The van der Waals surface area contributed by atoms with Crippen LogP contribution in [0.2, 0.25) is 0 Å². The molecule has 0 aliphatic carbocycles. The van der Waals surface area contributed by atoms with Crippen LogP contribution in [-0.4, -0.2) is 31.3 Å². The molecule has 0 amide bonds. The van der Waals surface area contributed by atoms with E-state index in [4.69, 9.17) is 9.47 Å². The smallest absolute Gasteiger partial charge is 0.138 e. The molecule has 0 saturated carbocycles. The standard InChI is InChI=1S/C14H24N2O2/c1-4-13(5-2)18-14-7-6-12(16-11-14)10-15-8-9-17-3/h6-7,11,13,15H,4-5,8-10H2,1-3H3. The summed E-state index contributed by atoms with van der Waals surface area (Å²) in [4.78, 5) is 4.37. The molecule has 1 rings (SSSR count). The Morgan fingerprint density at radius 3 is 2.61 bits per heavy atom. The molecule has 0 bridgehead atoms. The third-order valence-corrected chi connectivity index (χ3v) is 2.80. The van der Waals surface area contributed by atoms with Crippen LogP contribution in [0.3, 0.4) is 0 Å². The van der Waals surface area contributed by atoms with E-state index in [-0.39, 0.29) is 6.10 Å². The number of nitrogens with one attached hydrogen (secondary N) is 1. The lowest BCUT2D eigenvalue weighted by atomic mass is 10.2. The molecule has 1 aromatic heterocycles. The first-order valence-corrected chi connectivity index (χ1v) is 6.61. The highest BCUT2D eigenvalue weighted by molar-refractivity contribution is 5.20. The zero-order valence-electron chi connectivity index (χ0n) is 11.6. The number of nitrogens with zero attached hydrogens (tertiary/aromatic N) is 1. The Labute approximate surface area is 110 Å². The van der Waals surface area contributed by atoms with Gasteiger partial charge >= 0.3 is 0 Å². The summed E-state index contributed by atoms with van der Waals surface area (Å²) < 4.78 is 10.8. The monoisotopic (exact) mass is 252 g/mol. The van der Waals surface area contributed by atoms with Crippen molar-refractivity contribution in [1.29, 1.82) is 0 Å². The van der Waals surface area contributed by atoms with Gasteiger partial charge in [-0.2, -0.15) is 0 Å². The first-order valence-electron chi connectivity index (χ1n) is 6.61. The number of hydrogen-bond acceptors (Lipinski definition) is 4. The predicted octanol–water partition coefficient (Wildman–Crippen LogP) is 2.39. The van der Waals surface area contributed by atoms with Crippen molar-refractivity contribution in [3.8, 4) is 5.75 Å². The Balaban J connectivity index is 2.37. The van der Waals surface area contributed by atoms with Gasteiger partial charge in [-0.1, -0.05) is 13.8 Å². The van der Waals surface area contributed by atoms with Gasteiger partial charge < -0.3 is 14.8 Å². The van der Waals surface area contributed by atoms with Crippen LogP contribution in [0, 0.1) is 0 Å². The average molecular weight is 252 g/mol. The Morgan fingerprint density at radius 2 is 2.06 bits per heavy atom. The first-order chi connectivity index (χ1) is 8.80. The van der Waals surface area contributed by atoms with E-state index in [1.165, 1.54) is 0 Å². The molecule has 0 radical (unpaired) electrons. The fraction of sp³-hybridized carbons (Fsp3) is 0.643. The van der Waals surface area contributed by atoms with E-state index in [0.717, 1.165) is 44.0 Å². The Kier molecular flexibility index (Phi) is 7.37. The third kappa shape index (κ3) is 5.47. The van der Waals surface area contributed by atoms with E-state index in [2.05, 4.69) is 24.1 Å². The molecule has 0 saturated heterocycles. The number of aromatic nitrogens is 1. The van der Waals surface area contributed by atoms with Gasteiger partial charge in [0.25, 0.3) is 0 Å². The normalized spacial score (nSPS) is 10.9. The summed E-state index contributed by atoms with van der Waals surface area (Å²) in [5.74, 6) is 0.851. The second-order valence-corrected chi connectivity index (χ2v) is 4.21. The van der Waals surface area contributed by atoms with Crippen molar-refractivity contribution in [3.63, 3.8) is 0 Å². The number of methoxy groups -OCH3 is 1. The van der Waals surface area contributed by atoms with Gasteiger partial charge in [-0.15, -0.1) is 0 Å². The molecular formula is C14H24N2O2. The molecule has 1 N–H and O–H groups in total. The quantitative estimate of drug-likeness (QED) is 0.685. The maximum atomic E-state index is 5.81. The van der Waals surface area contributed by atoms with Gasteiger partial charge in [0.1, 0.15) is 5.75 Å². The second kappa shape index (κ2) is 8.89. The Morgan fingerprint density at radius 1 is 1.28 bits per heavy atom. The van der Waals surface area contributed by atoms with E-state index < -0.39 is 0 Å². The van der Waals surface area contributed by atoms with E-state index in [1.54, 1.807) is 13.3 Å². The van der Waals surface area contributed by atoms with Crippen molar-refractivity contribution in [2.45, 2.75) is 39.3 Å². The van der Waals surface area contributed by atoms with Gasteiger partial charge in [0, 0.05) is 20.2 Å². The molecule has 1 aromatic rings. The molecule has 102 valence electrons. The summed E-state index contributed by atoms with van der Waals surface area (Å²) >= 11 is 0. The number of hydrogen-bond donors (Lipinski definition) is 1. The minimum Gasteiger partial charge on any atom is -0.489 e. The topological polar surface area (TPSA) is 43.4 Å². The molecule has 0 fully saturated rings. The minimum atomic E-state index is 0.289. The molecule has 0 atom stereocenters. The van der Waals surface area contributed by atoms with Crippen LogP contribution in [0.25, 0.3) is 0 Å². The first kappa shape index (κ1) is 14.9. The SMILES string of the molecule is CCC(CC)Oc1ccc(CNCCOC)nc1. The number of pyridine rings is 1. The average Bonchev–Trinajstić information content (AvgIpc) is 2.42. The Bertz CT molecular complexity index is 310. The molecule has 18 heavy (non-hydrogen) atoms. The summed E-state index contributed by atoms with van der Waals surface area (Å²) in [6.45, 7) is 6.58. The van der Waals surface area contributed by atoms with E-state index in [0.29, 0.717) is 0 Å². The van der Waals surface area contributed by atoms with E-state index in [1.807, 2.05) is 12.1 Å². The van der Waals surface area contributed by atoms with Crippen LogP contribution in [0.5, 0.6) is 5.75 Å². The lowest BCUT2D eigenvalue weighted by Gasteiger charge is -2.15. The maximum Gasteiger partial charge on any atom is 0.138 e. The van der Waals surface area contributed by atoms with Crippen LogP contribution in [0.15, 0.2) is 18.3 Å². The molecule has 0 aliphatic heterocycles. The van der Waals surface area contributed by atoms with Gasteiger partial charge in [0.15, 0.2) is 0 Å². The van der Waals surface area contributed by atoms with E-state index in [9.17, 15) is 0 Å². The highest BCUT2D eigenvalue weighted by atomic mass is 16.5. The second-order valence-electron chi connectivity index (χ2n) is 4.21. The highest BCUT2D eigenvalue weighted by Crippen LogP contribution is 2.14. The zero-order valence-corrected chi connectivity index (χ0v) is 11.6. The largest absolute Gasteiger partial charge is 0.489 e. The van der Waals surface area contributed by atoms with Crippen molar-refractivity contribution >= 4 is 0 Å². The van der Waals surface area contributed by atoms with Gasteiger partial charge in [-0.05, 0) is 25.0 Å². The van der Waals surface area contributed by atoms with Crippen molar-refractivity contribution < 1.29 is 9.47 Å². The van der Waals surface area contributed by atoms with Crippen molar-refractivity contribution in [2.75, 3.05) is 20.3 Å². The summed E-state index contributed by atoms with van der Waals surface area (Å²) in [7, 11) is 1.70. The van der Waals surface area contributed by atoms with Crippen LogP contribution in [0.1, 0.15) is 32.4 Å². The zero-order chi connectivity index (χ0) is 13.2. The Hall–Kier alpha value is -1.13. The van der Waals surface area contributed by atoms with Crippen LogP contribution in [-0.2, 0) is 11.3 Å². The highest BCUT2D eigenvalue weighted by Gasteiger charge is 2.05. The molecule has 0 aromatic carbocycles. The molecule has 0 unspecified atom stereocenters. The van der Waals surface area contributed by atoms with Crippen molar-refractivity contribution in [2.24, 2.45) is 0 Å². The summed E-state index contributed by atoms with van der Waals surface area (Å²) in [5.41, 5.74) is 1.02. The van der Waals surface area contributed by atoms with Gasteiger partial charge in [-0.25, -0.2) is 0 Å². The molecule has 0 spiro atoms. The summed E-state index contributed by atoms with van der Waals surface area (Å²) in [5, 5.41) is 3.26. The van der Waals surface area contributed by atoms with Gasteiger partial charge in [-0.3, -0.25) is 4.98 Å². The third-order valence-electron chi connectivity index (χ3n) is 2.80. The fourth-order valence-corrected chi connectivity index (χ4v) is 1.62. The maximum absolute atomic E-state index is 5.81. The fourth-order valence-electron chi connectivity index (χ4n) is 1.62. The van der Waals surface area contributed by atoms with Crippen LogP contribution < -0.4 is 10.1 Å². The van der Waals surface area contributed by atoms with Crippen molar-refractivity contribution in [3.05, 3.63) is 24.0 Å². The molecule has 4 nitrogen and oxygen atoms in total. The van der Waals surface area contributed by atoms with Crippen LogP contribution in [0.4, 0.5) is 0 Å². The molecule has 4 heteroatoms. The van der Waals surface area contributed by atoms with Gasteiger partial charge in [0.05, 0.1) is 24.6 Å². The molecule has 0 aliphatic rings. The van der Waals surface area contributed by atoms with Crippen molar-refractivity contribution in [1.82, 2.24) is 10.3 Å². The van der Waals surface area contributed by atoms with Crippen LogP contribution >= 0.6 is 0 Å². The molecule has 1 heterocycles.